The van der Waals surface area contributed by atoms with Crippen LogP contribution in [0.3, 0.4) is 0 Å². The highest BCUT2D eigenvalue weighted by Gasteiger charge is 2.07. The molecular formula is C14H22BrNO2S. The van der Waals surface area contributed by atoms with E-state index in [1.807, 2.05) is 17.8 Å². The zero-order valence-corrected chi connectivity index (χ0v) is 13.9. The number of hydrogen-bond acceptors (Lipinski definition) is 4. The summed E-state index contributed by atoms with van der Waals surface area (Å²) in [6, 6.07) is 6.48. The second-order valence-corrected chi connectivity index (χ2v) is 6.34. The van der Waals surface area contributed by atoms with Crippen LogP contribution in [0.1, 0.15) is 24.9 Å². The summed E-state index contributed by atoms with van der Waals surface area (Å²) in [5.41, 5.74) is 1.24. The number of nitrogens with one attached hydrogen (secondary N) is 1. The molecule has 108 valence electrons. The van der Waals surface area contributed by atoms with E-state index in [2.05, 4.69) is 40.3 Å². The van der Waals surface area contributed by atoms with Crippen LogP contribution in [0.5, 0.6) is 5.75 Å². The molecule has 0 aliphatic carbocycles. The molecule has 1 atom stereocenters. The van der Waals surface area contributed by atoms with E-state index in [0.29, 0.717) is 6.04 Å². The number of benzene rings is 1. The number of methoxy groups -OCH3 is 1. The molecule has 0 aliphatic heterocycles. The van der Waals surface area contributed by atoms with Crippen molar-refractivity contribution in [2.24, 2.45) is 0 Å². The lowest BCUT2D eigenvalue weighted by Crippen LogP contribution is -2.21. The third kappa shape index (κ3) is 6.17. The van der Waals surface area contributed by atoms with E-state index in [4.69, 9.17) is 9.84 Å². The second-order valence-electron chi connectivity index (χ2n) is 4.26. The molecule has 0 saturated heterocycles. The fourth-order valence-corrected chi connectivity index (χ4v) is 3.04. The van der Waals surface area contributed by atoms with Gasteiger partial charge in [0, 0.05) is 24.9 Å². The van der Waals surface area contributed by atoms with Gasteiger partial charge in [-0.2, -0.15) is 11.8 Å². The molecule has 2 N–H and O–H groups in total. The van der Waals surface area contributed by atoms with E-state index in [0.717, 1.165) is 34.7 Å². The summed E-state index contributed by atoms with van der Waals surface area (Å²) in [5, 5.41) is 12.2. The molecule has 0 fully saturated rings. The highest BCUT2D eigenvalue weighted by molar-refractivity contribution is 9.10. The maximum absolute atomic E-state index is 8.68. The Balaban J connectivity index is 2.33. The zero-order chi connectivity index (χ0) is 14.1. The molecule has 19 heavy (non-hydrogen) atoms. The van der Waals surface area contributed by atoms with E-state index in [9.17, 15) is 0 Å². The van der Waals surface area contributed by atoms with Crippen molar-refractivity contribution >= 4 is 27.7 Å². The SMILES string of the molecule is COc1ccc(C(C)NCCSCCCO)cc1Br. The Hall–Kier alpha value is -0.230. The van der Waals surface area contributed by atoms with Gasteiger partial charge in [0.15, 0.2) is 0 Å². The minimum Gasteiger partial charge on any atom is -0.496 e. The van der Waals surface area contributed by atoms with Gasteiger partial charge in [0.1, 0.15) is 5.75 Å². The molecule has 0 radical (unpaired) electrons. The van der Waals surface area contributed by atoms with Crippen LogP contribution in [0.15, 0.2) is 22.7 Å². The standard InChI is InChI=1S/C14H22BrNO2S/c1-11(16-6-9-19-8-3-7-17)12-4-5-14(18-2)13(15)10-12/h4-5,10-11,16-17H,3,6-9H2,1-2H3. The predicted octanol–water partition coefficient (Wildman–Crippen LogP) is 3.22. The summed E-state index contributed by atoms with van der Waals surface area (Å²) in [7, 11) is 1.67. The first-order valence-corrected chi connectivity index (χ1v) is 8.39. The highest BCUT2D eigenvalue weighted by Crippen LogP contribution is 2.27. The topological polar surface area (TPSA) is 41.5 Å². The van der Waals surface area contributed by atoms with Gasteiger partial charge < -0.3 is 15.2 Å². The Morgan fingerprint density at radius 1 is 1.42 bits per heavy atom. The second kappa shape index (κ2) is 9.64. The lowest BCUT2D eigenvalue weighted by Gasteiger charge is -2.15. The van der Waals surface area contributed by atoms with Crippen LogP contribution in [0.25, 0.3) is 0 Å². The van der Waals surface area contributed by atoms with Gasteiger partial charge in [-0.1, -0.05) is 6.07 Å². The number of aliphatic hydroxyl groups excluding tert-OH is 1. The molecule has 0 aliphatic rings. The van der Waals surface area contributed by atoms with Crippen molar-refractivity contribution in [3.63, 3.8) is 0 Å². The van der Waals surface area contributed by atoms with Crippen molar-refractivity contribution in [2.75, 3.05) is 31.8 Å². The van der Waals surface area contributed by atoms with Gasteiger partial charge in [-0.3, -0.25) is 0 Å². The molecule has 0 heterocycles. The Kier molecular flexibility index (Phi) is 8.53. The van der Waals surface area contributed by atoms with Gasteiger partial charge in [0.25, 0.3) is 0 Å². The molecule has 0 spiro atoms. The molecule has 0 aromatic heterocycles. The highest BCUT2D eigenvalue weighted by atomic mass is 79.9. The van der Waals surface area contributed by atoms with Crippen LogP contribution >= 0.6 is 27.7 Å². The lowest BCUT2D eigenvalue weighted by atomic mass is 10.1. The molecule has 0 amide bonds. The molecule has 0 bridgehead atoms. The summed E-state index contributed by atoms with van der Waals surface area (Å²) in [5.74, 6) is 2.96. The van der Waals surface area contributed by atoms with Gasteiger partial charge >= 0.3 is 0 Å². The number of hydrogen-bond donors (Lipinski definition) is 2. The molecule has 1 unspecified atom stereocenters. The summed E-state index contributed by atoms with van der Waals surface area (Å²) in [4.78, 5) is 0. The Morgan fingerprint density at radius 2 is 2.21 bits per heavy atom. The smallest absolute Gasteiger partial charge is 0.133 e. The number of rotatable bonds is 9. The minimum absolute atomic E-state index is 0.288. The number of thioether (sulfide) groups is 1. The van der Waals surface area contributed by atoms with Crippen molar-refractivity contribution in [1.82, 2.24) is 5.32 Å². The number of aliphatic hydroxyl groups is 1. The molecule has 5 heteroatoms. The van der Waals surface area contributed by atoms with E-state index < -0.39 is 0 Å². The summed E-state index contributed by atoms with van der Waals surface area (Å²) in [6.07, 6.45) is 0.881. The van der Waals surface area contributed by atoms with Crippen molar-refractivity contribution < 1.29 is 9.84 Å². The molecule has 0 saturated carbocycles. The average Bonchev–Trinajstić information content (AvgIpc) is 2.42. The quantitative estimate of drug-likeness (QED) is 0.673. The van der Waals surface area contributed by atoms with Crippen LogP contribution < -0.4 is 10.1 Å². The van der Waals surface area contributed by atoms with E-state index in [1.165, 1.54) is 5.56 Å². The van der Waals surface area contributed by atoms with Crippen molar-refractivity contribution in [2.45, 2.75) is 19.4 Å². The monoisotopic (exact) mass is 347 g/mol. The predicted molar refractivity (Wildman–Crippen MR) is 86.1 cm³/mol. The zero-order valence-electron chi connectivity index (χ0n) is 11.5. The van der Waals surface area contributed by atoms with Gasteiger partial charge in [0.05, 0.1) is 11.6 Å². The first-order chi connectivity index (χ1) is 9.19. The molecule has 1 aromatic rings. The average molecular weight is 348 g/mol. The van der Waals surface area contributed by atoms with Crippen molar-refractivity contribution in [1.29, 1.82) is 0 Å². The Bertz CT molecular complexity index is 376. The van der Waals surface area contributed by atoms with Gasteiger partial charge in [0.2, 0.25) is 0 Å². The molecule has 1 aromatic carbocycles. The summed E-state index contributed by atoms with van der Waals surface area (Å²) < 4.78 is 6.21. The first-order valence-electron chi connectivity index (χ1n) is 6.44. The van der Waals surface area contributed by atoms with E-state index >= 15 is 0 Å². The van der Waals surface area contributed by atoms with Crippen LogP contribution in [-0.4, -0.2) is 36.9 Å². The Labute approximate surface area is 128 Å². The minimum atomic E-state index is 0.288. The largest absolute Gasteiger partial charge is 0.496 e. The van der Waals surface area contributed by atoms with E-state index in [-0.39, 0.29) is 6.61 Å². The van der Waals surface area contributed by atoms with Crippen molar-refractivity contribution in [3.8, 4) is 5.75 Å². The molecular weight excluding hydrogens is 326 g/mol. The van der Waals surface area contributed by atoms with Crippen LogP contribution in [0.2, 0.25) is 0 Å². The summed E-state index contributed by atoms with van der Waals surface area (Å²) in [6.45, 7) is 3.42. The lowest BCUT2D eigenvalue weighted by molar-refractivity contribution is 0.296. The Morgan fingerprint density at radius 3 is 2.84 bits per heavy atom. The van der Waals surface area contributed by atoms with Crippen LogP contribution in [-0.2, 0) is 0 Å². The van der Waals surface area contributed by atoms with Crippen LogP contribution in [0, 0.1) is 0 Å². The molecule has 3 nitrogen and oxygen atoms in total. The first kappa shape index (κ1) is 16.8. The number of halogens is 1. The third-order valence-electron chi connectivity index (χ3n) is 2.82. The maximum Gasteiger partial charge on any atom is 0.133 e. The van der Waals surface area contributed by atoms with Gasteiger partial charge in [-0.15, -0.1) is 0 Å². The fraction of sp³-hybridized carbons (Fsp3) is 0.571. The normalized spacial score (nSPS) is 12.4. The van der Waals surface area contributed by atoms with E-state index in [1.54, 1.807) is 7.11 Å². The van der Waals surface area contributed by atoms with Crippen LogP contribution in [0.4, 0.5) is 0 Å². The number of ether oxygens (including phenoxy) is 1. The maximum atomic E-state index is 8.68. The fourth-order valence-electron chi connectivity index (χ4n) is 1.69. The van der Waals surface area contributed by atoms with Gasteiger partial charge in [-0.05, 0) is 52.7 Å². The third-order valence-corrected chi connectivity index (χ3v) is 4.51. The van der Waals surface area contributed by atoms with Gasteiger partial charge in [-0.25, -0.2) is 0 Å². The molecule has 1 rings (SSSR count). The van der Waals surface area contributed by atoms with Crippen molar-refractivity contribution in [3.05, 3.63) is 28.2 Å². The summed E-state index contributed by atoms with van der Waals surface area (Å²) >= 11 is 5.38.